The number of aryl methyl sites for hydroxylation is 1. The molecule has 0 unspecified atom stereocenters. The summed E-state index contributed by atoms with van der Waals surface area (Å²) in [4.78, 5) is 28.1. The van der Waals surface area contributed by atoms with Crippen LogP contribution in [0.4, 0.5) is 33.5 Å². The minimum Gasteiger partial charge on any atom is -0.461 e. The molecule has 18 heteroatoms. The zero-order valence-corrected chi connectivity index (χ0v) is 30.2. The zero-order valence-electron chi connectivity index (χ0n) is 29.5. The Kier molecular flexibility index (Phi) is 10.1. The fraction of sp³-hybridized carbons (Fsp3) is 0.543. The van der Waals surface area contributed by atoms with Crippen molar-refractivity contribution in [3.05, 3.63) is 68.6 Å². The number of alkyl halides is 3. The first-order chi connectivity index (χ1) is 25.1. The molecule has 53 heavy (non-hydrogen) atoms. The number of hydrogen-bond donors (Lipinski definition) is 1. The molecule has 1 amide bonds. The number of benzene rings is 1. The van der Waals surface area contributed by atoms with E-state index in [1.807, 2.05) is 16.5 Å². The number of amides is 1. The van der Waals surface area contributed by atoms with Gasteiger partial charge >= 0.3 is 12.2 Å². The smallest absolute Gasteiger partial charge is 0.418 e. The number of hydrogen-bond acceptors (Lipinski definition) is 10. The summed E-state index contributed by atoms with van der Waals surface area (Å²) < 4.78 is 89.6. The Hall–Kier alpha value is -4.06. The molecule has 2 aromatic heterocycles. The fourth-order valence-corrected chi connectivity index (χ4v) is 8.29. The van der Waals surface area contributed by atoms with E-state index in [2.05, 4.69) is 10.00 Å². The van der Waals surface area contributed by atoms with Gasteiger partial charge in [-0.3, -0.25) is 14.4 Å². The first-order valence-electron chi connectivity index (χ1n) is 17.3. The Morgan fingerprint density at radius 3 is 2.74 bits per heavy atom. The number of ether oxygens (including phenoxy) is 3. The molecule has 2 saturated heterocycles. The molecule has 0 bridgehead atoms. The summed E-state index contributed by atoms with van der Waals surface area (Å²) in [6.45, 7) is 4.85. The van der Waals surface area contributed by atoms with Gasteiger partial charge in [0, 0.05) is 63.5 Å². The number of anilines is 2. The van der Waals surface area contributed by atoms with Gasteiger partial charge in [-0.15, -0.1) is 0 Å². The fourth-order valence-electron chi connectivity index (χ4n) is 7.95. The third kappa shape index (κ3) is 7.27. The lowest BCUT2D eigenvalue weighted by molar-refractivity contribution is -0.139. The highest BCUT2D eigenvalue weighted by atomic mass is 35.5. The number of nitrogens with two attached hydrogens (primary N) is 1. The second-order valence-electron chi connectivity index (χ2n) is 14.3. The van der Waals surface area contributed by atoms with Crippen LogP contribution in [0, 0.1) is 12.8 Å². The molecule has 7 rings (SSSR count). The summed E-state index contributed by atoms with van der Waals surface area (Å²) in [6, 6.07) is 2.26. The first-order valence-corrected chi connectivity index (χ1v) is 17.7. The number of halogens is 6. The highest BCUT2D eigenvalue weighted by Crippen LogP contribution is 2.45. The summed E-state index contributed by atoms with van der Waals surface area (Å²) >= 11 is 6.10. The molecule has 4 aliphatic rings. The van der Waals surface area contributed by atoms with Crippen LogP contribution in [0.5, 0.6) is 6.01 Å². The average molecular weight is 767 g/mol. The molecular formula is C35H40ClF5N8O4. The normalized spacial score (nSPS) is 23.2. The third-order valence-electron chi connectivity index (χ3n) is 10.5. The van der Waals surface area contributed by atoms with Gasteiger partial charge in [-0.25, -0.2) is 0 Å². The molecule has 3 atom stereocenters. The second kappa shape index (κ2) is 14.3. The van der Waals surface area contributed by atoms with Crippen LogP contribution in [0.15, 0.2) is 24.3 Å². The van der Waals surface area contributed by atoms with Crippen LogP contribution in [0.2, 0.25) is 5.02 Å². The lowest BCUT2D eigenvalue weighted by atomic mass is 9.93. The van der Waals surface area contributed by atoms with Crippen LogP contribution >= 0.6 is 11.6 Å². The largest absolute Gasteiger partial charge is 0.461 e. The molecule has 4 aliphatic heterocycles. The number of carbonyl (C=O) groups is 1. The predicted octanol–water partition coefficient (Wildman–Crippen LogP) is 5.41. The van der Waals surface area contributed by atoms with E-state index in [1.54, 1.807) is 14.1 Å². The standard InChI is InChI=1S/C35H40ClF5N8O4/c1-19-26-15-47(5-4-6-49(26)45-30(19)32(50)46(2)3)31-23-16-52-27(22-10-21(42)11-24(36)29(22)35(39,40)41)12-25(23)43-33(44-31)53-18-34-13-20(9-28(37)38)14-48(34)7-8-51-17-34/h9-11,20,27H,4-8,12-18,42H2,1-3H3/t20-,27+,34-/m0/s1. The maximum atomic E-state index is 14.3. The minimum atomic E-state index is -4.78. The van der Waals surface area contributed by atoms with Crippen molar-refractivity contribution in [3.8, 4) is 6.01 Å². The Bertz CT molecular complexity index is 1940. The number of rotatable bonds is 7. The highest BCUT2D eigenvalue weighted by molar-refractivity contribution is 6.31. The van der Waals surface area contributed by atoms with E-state index >= 15 is 0 Å². The number of aromatic nitrogens is 4. The van der Waals surface area contributed by atoms with E-state index < -0.39 is 40.4 Å². The molecule has 1 aromatic carbocycles. The number of nitrogens with zero attached hydrogens (tertiary/aromatic N) is 7. The molecule has 286 valence electrons. The van der Waals surface area contributed by atoms with Gasteiger partial charge in [-0.2, -0.15) is 37.0 Å². The van der Waals surface area contributed by atoms with Gasteiger partial charge < -0.3 is 29.7 Å². The topological polar surface area (TPSA) is 124 Å². The van der Waals surface area contributed by atoms with Crippen LogP contribution in [0.3, 0.4) is 0 Å². The van der Waals surface area contributed by atoms with Gasteiger partial charge in [0.15, 0.2) is 5.69 Å². The van der Waals surface area contributed by atoms with Crippen molar-refractivity contribution in [2.24, 2.45) is 5.92 Å². The van der Waals surface area contributed by atoms with Crippen molar-refractivity contribution < 1.29 is 41.0 Å². The number of fused-ring (bicyclic) bond motifs is 3. The van der Waals surface area contributed by atoms with Crippen LogP contribution in [-0.2, 0) is 41.8 Å². The van der Waals surface area contributed by atoms with Crippen molar-refractivity contribution in [3.63, 3.8) is 0 Å². The van der Waals surface area contributed by atoms with Gasteiger partial charge in [0.25, 0.3) is 12.0 Å². The molecule has 2 fully saturated rings. The van der Waals surface area contributed by atoms with Crippen molar-refractivity contribution in [2.75, 3.05) is 64.2 Å². The van der Waals surface area contributed by atoms with Crippen LogP contribution in [-0.4, -0.2) is 94.5 Å². The van der Waals surface area contributed by atoms with E-state index in [4.69, 9.17) is 41.5 Å². The number of carbonyl (C=O) groups excluding carboxylic acids is 1. The minimum absolute atomic E-state index is 0.0189. The Morgan fingerprint density at radius 1 is 1.21 bits per heavy atom. The van der Waals surface area contributed by atoms with Crippen molar-refractivity contribution in [1.29, 1.82) is 0 Å². The van der Waals surface area contributed by atoms with Crippen LogP contribution in [0.25, 0.3) is 0 Å². The van der Waals surface area contributed by atoms with Gasteiger partial charge in [0.05, 0.1) is 60.0 Å². The molecular weight excluding hydrogens is 727 g/mol. The molecule has 0 radical (unpaired) electrons. The molecule has 0 aliphatic carbocycles. The summed E-state index contributed by atoms with van der Waals surface area (Å²) in [6.07, 6.45) is -5.70. The van der Waals surface area contributed by atoms with Crippen molar-refractivity contribution in [1.82, 2.24) is 29.5 Å². The number of nitrogen functional groups attached to an aromatic ring is 1. The summed E-state index contributed by atoms with van der Waals surface area (Å²) in [5.41, 5.74) is 6.98. The molecule has 2 N–H and O–H groups in total. The van der Waals surface area contributed by atoms with E-state index in [9.17, 15) is 26.7 Å². The SMILES string of the molecule is Cc1c(C(=O)N(C)C)nn2c1CN(c1nc(OC[C@]34COCCN3C[C@@H](C=C(F)F)C4)nc3c1CO[C@@H](c1cc(N)cc(Cl)c1C(F)(F)F)C3)CCC2. The Labute approximate surface area is 307 Å². The van der Waals surface area contributed by atoms with Crippen LogP contribution < -0.4 is 15.4 Å². The first kappa shape index (κ1) is 37.3. The third-order valence-corrected chi connectivity index (χ3v) is 10.8. The molecule has 3 aromatic rings. The molecule has 0 saturated carbocycles. The maximum Gasteiger partial charge on any atom is 0.418 e. The van der Waals surface area contributed by atoms with E-state index in [0.717, 1.165) is 23.4 Å². The van der Waals surface area contributed by atoms with Crippen LogP contribution in [0.1, 0.15) is 63.1 Å². The predicted molar refractivity (Wildman–Crippen MR) is 184 cm³/mol. The van der Waals surface area contributed by atoms with Gasteiger partial charge in [0.2, 0.25) is 0 Å². The van der Waals surface area contributed by atoms with Crippen molar-refractivity contribution >= 4 is 29.0 Å². The molecule has 6 heterocycles. The lowest BCUT2D eigenvalue weighted by Gasteiger charge is -2.41. The van der Waals surface area contributed by atoms with Crippen molar-refractivity contribution in [2.45, 2.75) is 63.7 Å². The Morgan fingerprint density at radius 2 is 2.00 bits per heavy atom. The average Bonchev–Trinajstić information content (AvgIpc) is 3.51. The summed E-state index contributed by atoms with van der Waals surface area (Å²) in [5.74, 6) is -0.144. The monoisotopic (exact) mass is 766 g/mol. The van der Waals surface area contributed by atoms with E-state index in [0.29, 0.717) is 74.9 Å². The summed E-state index contributed by atoms with van der Waals surface area (Å²) in [7, 11) is 3.33. The van der Waals surface area contributed by atoms with Gasteiger partial charge in [0.1, 0.15) is 12.4 Å². The highest BCUT2D eigenvalue weighted by Gasteiger charge is 2.48. The lowest BCUT2D eigenvalue weighted by Crippen LogP contribution is -2.56. The summed E-state index contributed by atoms with van der Waals surface area (Å²) in [5, 5.41) is 4.09. The molecule has 12 nitrogen and oxygen atoms in total. The quantitative estimate of drug-likeness (QED) is 0.247. The second-order valence-corrected chi connectivity index (χ2v) is 14.7. The molecule has 0 spiro atoms. The van der Waals surface area contributed by atoms with Gasteiger partial charge in [-0.05, 0) is 49.5 Å². The zero-order chi connectivity index (χ0) is 37.8. The van der Waals surface area contributed by atoms with Gasteiger partial charge in [-0.1, -0.05) is 11.6 Å². The van der Waals surface area contributed by atoms with E-state index in [-0.39, 0.29) is 49.4 Å². The maximum absolute atomic E-state index is 14.3. The number of morpholine rings is 1. The van der Waals surface area contributed by atoms with E-state index in [1.165, 1.54) is 11.0 Å². The Balaban J connectivity index is 1.26.